The summed E-state index contributed by atoms with van der Waals surface area (Å²) in [5.41, 5.74) is -6.07. The topological polar surface area (TPSA) is 124 Å². The molecular formula is C39H30F6O10. The van der Waals surface area contributed by atoms with Gasteiger partial charge in [-0.3, -0.25) is 9.59 Å². The Balaban J connectivity index is 1.43. The third-order valence-electron chi connectivity index (χ3n) is 7.62. The Kier molecular flexibility index (Phi) is 13.4. The largest absolute Gasteiger partial charge is 0.457 e. The van der Waals surface area contributed by atoms with Crippen LogP contribution in [0.2, 0.25) is 0 Å². The van der Waals surface area contributed by atoms with Crippen LogP contribution in [-0.2, 0) is 46.9 Å². The first-order valence-electron chi connectivity index (χ1n) is 15.8. The summed E-state index contributed by atoms with van der Waals surface area (Å²) in [5.74, 6) is -3.13. The van der Waals surface area contributed by atoms with Crippen molar-refractivity contribution in [1.82, 2.24) is 0 Å². The highest BCUT2D eigenvalue weighted by Crippen LogP contribution is 2.56. The van der Waals surface area contributed by atoms with E-state index in [4.69, 9.17) is 28.4 Å². The quantitative estimate of drug-likeness (QED) is 0.0372. The third-order valence-corrected chi connectivity index (χ3v) is 7.62. The smallest absolute Gasteiger partial charge is 0.411 e. The van der Waals surface area contributed by atoms with Gasteiger partial charge in [0.2, 0.25) is 19.0 Å². The zero-order valence-corrected chi connectivity index (χ0v) is 28.5. The van der Waals surface area contributed by atoms with Gasteiger partial charge in [-0.25, -0.2) is 9.59 Å². The Bertz CT molecular complexity index is 1830. The summed E-state index contributed by atoms with van der Waals surface area (Å²) in [5, 5.41) is 0. The van der Waals surface area contributed by atoms with Crippen molar-refractivity contribution in [2.45, 2.75) is 30.6 Å². The molecular weight excluding hydrogens is 742 g/mol. The maximum Gasteiger partial charge on any atom is 0.411 e. The minimum atomic E-state index is -5.91. The summed E-state index contributed by atoms with van der Waals surface area (Å²) in [6, 6.07) is 17.4. The number of alkyl halides is 6. The molecule has 0 N–H and O–H groups in total. The molecule has 55 heavy (non-hydrogen) atoms. The van der Waals surface area contributed by atoms with Crippen molar-refractivity contribution in [1.29, 1.82) is 0 Å². The lowest BCUT2D eigenvalue weighted by Gasteiger charge is -2.38. The van der Waals surface area contributed by atoms with Crippen LogP contribution in [0.25, 0.3) is 0 Å². The molecule has 0 saturated heterocycles. The maximum absolute atomic E-state index is 14.7. The molecule has 0 radical (unpaired) electrons. The molecule has 288 valence electrons. The number of ether oxygens (including phenoxy) is 6. The maximum atomic E-state index is 14.7. The van der Waals surface area contributed by atoms with E-state index in [0.29, 0.717) is 46.9 Å². The van der Waals surface area contributed by atoms with E-state index in [1.807, 2.05) is 0 Å². The zero-order chi connectivity index (χ0) is 40.2. The second-order valence-electron chi connectivity index (χ2n) is 11.2. The first-order chi connectivity index (χ1) is 26.0. The molecule has 4 aromatic rings. The van der Waals surface area contributed by atoms with Crippen LogP contribution in [-0.4, -0.2) is 49.8 Å². The second kappa shape index (κ2) is 18.0. The highest BCUT2D eigenvalue weighted by atomic mass is 19.4. The SMILES string of the molecule is C=CC(=O)OCOc1ccc(CC(=O)Oc2ccc(C(c3ccc(OC(=O)Cc4ccc(OCOC(=O)C=C)cc4)cc3)(C(F)(F)F)C(F)(F)F)cc2)cc1. The number of halogens is 6. The summed E-state index contributed by atoms with van der Waals surface area (Å²) in [7, 11) is 0. The fourth-order valence-corrected chi connectivity index (χ4v) is 5.03. The number of carbonyl (C=O) groups is 4. The number of hydrogen-bond donors (Lipinski definition) is 0. The average Bonchev–Trinajstić information content (AvgIpc) is 3.13. The number of hydrogen-bond acceptors (Lipinski definition) is 10. The van der Waals surface area contributed by atoms with Crippen LogP contribution in [0, 0.1) is 0 Å². The summed E-state index contributed by atoms with van der Waals surface area (Å²) >= 11 is 0. The van der Waals surface area contributed by atoms with Gasteiger partial charge in [0.05, 0.1) is 12.8 Å². The van der Waals surface area contributed by atoms with E-state index in [9.17, 15) is 45.5 Å². The van der Waals surface area contributed by atoms with Crippen LogP contribution in [0.4, 0.5) is 26.3 Å². The van der Waals surface area contributed by atoms with Gasteiger partial charge in [0.25, 0.3) is 0 Å². The highest BCUT2D eigenvalue weighted by Gasteiger charge is 2.72. The van der Waals surface area contributed by atoms with E-state index in [2.05, 4.69) is 13.2 Å². The molecule has 0 amide bonds. The Morgan fingerprint density at radius 1 is 0.491 bits per heavy atom. The molecule has 0 fully saturated rings. The molecule has 16 heteroatoms. The molecule has 0 unspecified atom stereocenters. The van der Waals surface area contributed by atoms with E-state index >= 15 is 0 Å². The molecule has 4 aromatic carbocycles. The van der Waals surface area contributed by atoms with Gasteiger partial charge in [0, 0.05) is 12.2 Å². The van der Waals surface area contributed by atoms with Crippen LogP contribution in [0.3, 0.4) is 0 Å². The van der Waals surface area contributed by atoms with E-state index < -0.39 is 52.8 Å². The molecule has 0 atom stereocenters. The fraction of sp³-hybridized carbons (Fsp3) is 0.179. The van der Waals surface area contributed by atoms with Crippen LogP contribution in [0.5, 0.6) is 23.0 Å². The first-order valence-corrected chi connectivity index (χ1v) is 15.8. The first kappa shape index (κ1) is 41.2. The Hall–Kier alpha value is -6.58. The van der Waals surface area contributed by atoms with Gasteiger partial charge in [-0.1, -0.05) is 61.7 Å². The normalized spacial score (nSPS) is 11.5. The molecule has 0 aliphatic heterocycles. The molecule has 0 heterocycles. The lowest BCUT2D eigenvalue weighted by atomic mass is 9.73. The van der Waals surface area contributed by atoms with Gasteiger partial charge < -0.3 is 28.4 Å². The number of rotatable bonds is 16. The fourth-order valence-electron chi connectivity index (χ4n) is 5.03. The van der Waals surface area contributed by atoms with Crippen LogP contribution in [0.1, 0.15) is 22.3 Å². The van der Waals surface area contributed by atoms with E-state index in [-0.39, 0.29) is 37.9 Å². The van der Waals surface area contributed by atoms with Gasteiger partial charge in [0.1, 0.15) is 23.0 Å². The second-order valence-corrected chi connectivity index (χ2v) is 11.2. The minimum Gasteiger partial charge on any atom is -0.457 e. The molecule has 0 aliphatic carbocycles. The van der Waals surface area contributed by atoms with E-state index in [0.717, 1.165) is 36.4 Å². The molecule has 0 saturated carbocycles. The van der Waals surface area contributed by atoms with Crippen molar-refractivity contribution >= 4 is 23.9 Å². The Labute approximate surface area is 309 Å². The number of benzene rings is 4. The van der Waals surface area contributed by atoms with Crippen molar-refractivity contribution in [3.63, 3.8) is 0 Å². The van der Waals surface area contributed by atoms with Crippen molar-refractivity contribution in [3.05, 3.63) is 145 Å². The van der Waals surface area contributed by atoms with Gasteiger partial charge in [-0.05, 0) is 70.8 Å². The predicted molar refractivity (Wildman–Crippen MR) is 181 cm³/mol. The molecule has 4 rings (SSSR count). The number of esters is 4. The third kappa shape index (κ3) is 10.7. The molecule has 0 aromatic heterocycles. The molecule has 0 aliphatic rings. The van der Waals surface area contributed by atoms with Gasteiger partial charge >= 0.3 is 36.2 Å². The standard InChI is InChI=1S/C39H30F6O10/c1-3-33(46)52-23-50-29-13-5-25(6-14-29)21-35(48)54-31-17-9-27(10-18-31)37(38(40,41)42,39(43,44)45)28-11-19-32(20-12-28)55-36(49)22-26-7-15-30(16-8-26)51-24-53-34(47)4-2/h3-20H,1-2,21-24H2. The Morgan fingerprint density at radius 2 is 0.800 bits per heavy atom. The predicted octanol–water partition coefficient (Wildman–Crippen LogP) is 7.52. The van der Waals surface area contributed by atoms with Crippen LogP contribution in [0.15, 0.2) is 122 Å². The van der Waals surface area contributed by atoms with Gasteiger partial charge in [0.15, 0.2) is 0 Å². The van der Waals surface area contributed by atoms with Crippen molar-refractivity contribution < 1.29 is 73.9 Å². The van der Waals surface area contributed by atoms with Crippen molar-refractivity contribution in [2.24, 2.45) is 0 Å². The highest BCUT2D eigenvalue weighted by molar-refractivity contribution is 5.81. The van der Waals surface area contributed by atoms with Crippen molar-refractivity contribution in [3.8, 4) is 23.0 Å². The van der Waals surface area contributed by atoms with Gasteiger partial charge in [-0.2, -0.15) is 26.3 Å². The summed E-state index contributed by atoms with van der Waals surface area (Å²) in [4.78, 5) is 47.2. The lowest BCUT2D eigenvalue weighted by Crippen LogP contribution is -2.54. The lowest BCUT2D eigenvalue weighted by molar-refractivity contribution is -0.288. The Morgan fingerprint density at radius 3 is 1.09 bits per heavy atom. The summed E-state index contributed by atoms with van der Waals surface area (Å²) in [6.45, 7) is 5.72. The average molecular weight is 773 g/mol. The van der Waals surface area contributed by atoms with Crippen LogP contribution >= 0.6 is 0 Å². The zero-order valence-electron chi connectivity index (χ0n) is 28.5. The monoisotopic (exact) mass is 772 g/mol. The number of carbonyl (C=O) groups excluding carboxylic acids is 4. The van der Waals surface area contributed by atoms with Crippen molar-refractivity contribution in [2.75, 3.05) is 13.6 Å². The molecule has 0 bridgehead atoms. The summed E-state index contributed by atoms with van der Waals surface area (Å²) < 4.78 is 118. The van der Waals surface area contributed by atoms with E-state index in [1.54, 1.807) is 0 Å². The summed E-state index contributed by atoms with van der Waals surface area (Å²) in [6.07, 6.45) is -10.5. The minimum absolute atomic E-state index is 0.302. The molecule has 0 spiro atoms. The van der Waals surface area contributed by atoms with Gasteiger partial charge in [-0.15, -0.1) is 0 Å². The van der Waals surface area contributed by atoms with E-state index in [1.165, 1.54) is 48.5 Å². The van der Waals surface area contributed by atoms with Crippen LogP contribution < -0.4 is 18.9 Å². The molecule has 10 nitrogen and oxygen atoms in total.